The molecule has 0 aromatic heterocycles. The summed E-state index contributed by atoms with van der Waals surface area (Å²) in [6.45, 7) is 60.7. The topological polar surface area (TPSA) is 258 Å². The van der Waals surface area contributed by atoms with Gasteiger partial charge in [-0.15, -0.1) is 0 Å². The minimum atomic E-state index is -3.91. The minimum Gasteiger partial charge on any atom is -0.455 e. The lowest BCUT2D eigenvalue weighted by molar-refractivity contribution is 0.170. The van der Waals surface area contributed by atoms with E-state index in [0.717, 1.165) is 116 Å². The van der Waals surface area contributed by atoms with Crippen LogP contribution in [0.4, 0.5) is 0 Å². The number of epoxide rings is 9. The van der Waals surface area contributed by atoms with Crippen LogP contribution in [0.3, 0.4) is 0 Å². The van der Waals surface area contributed by atoms with Gasteiger partial charge in [0.15, 0.2) is 66.5 Å². The molecule has 31 unspecified atom stereocenters. The summed E-state index contributed by atoms with van der Waals surface area (Å²) in [5, 5.41) is 0. The van der Waals surface area contributed by atoms with E-state index >= 15 is 0 Å². The summed E-state index contributed by atoms with van der Waals surface area (Å²) >= 11 is 0. The van der Waals surface area contributed by atoms with E-state index in [-0.39, 0.29) is 53.0 Å². The fraction of sp³-hybridized carbons (Fsp3) is 1.00. The van der Waals surface area contributed by atoms with E-state index in [1.54, 1.807) is 13.1 Å². The molecule has 32 heteroatoms. The van der Waals surface area contributed by atoms with Crippen molar-refractivity contribution in [1.29, 1.82) is 0 Å². The highest BCUT2D eigenvalue weighted by molar-refractivity contribution is 6.88. The van der Waals surface area contributed by atoms with Crippen LogP contribution >= 0.6 is 0 Å². The Hall–Kier alpha value is 1.80. The minimum absolute atomic E-state index is 0. The van der Waals surface area contributed by atoms with Gasteiger partial charge in [0, 0.05) is 12.1 Å². The van der Waals surface area contributed by atoms with Crippen molar-refractivity contribution in [2.75, 3.05) is 0 Å². The number of rotatable bonds is 40. The predicted molar refractivity (Wildman–Crippen MR) is 584 cm³/mol. The van der Waals surface area contributed by atoms with Crippen molar-refractivity contribution < 1.29 is 90.6 Å². The van der Waals surface area contributed by atoms with Crippen LogP contribution in [-0.2, 0) is 71.4 Å². The first kappa shape index (κ1) is 118. The van der Waals surface area contributed by atoms with Crippen molar-refractivity contribution in [1.82, 2.24) is 0 Å². The molecule has 0 amide bonds. The maximum absolute atomic E-state index is 10.5. The van der Waals surface area contributed by atoms with Crippen molar-refractivity contribution in [2.24, 2.45) is 76.4 Å². The van der Waals surface area contributed by atoms with Gasteiger partial charge in [0.2, 0.25) is 0 Å². The summed E-state index contributed by atoms with van der Waals surface area (Å²) < 4.78 is 96.5. The molecule has 9 aliphatic heterocycles. The lowest BCUT2D eigenvalue weighted by Gasteiger charge is -2.40. The first-order valence-electron chi connectivity index (χ1n) is 55.0. The Morgan fingerprint density at radius 2 is 0.654 bits per heavy atom. The van der Waals surface area contributed by atoms with E-state index < -0.39 is 101 Å². The lowest BCUT2D eigenvalue weighted by Crippen LogP contribution is -2.57. The second kappa shape index (κ2) is 45.8. The van der Waals surface area contributed by atoms with Crippen LogP contribution in [0, 0.1) is 76.4 Å². The van der Waals surface area contributed by atoms with E-state index in [9.17, 15) is 19.2 Å². The smallest absolute Gasteiger partial charge is 0.455 e. The Balaban J connectivity index is 0.000000159. The zero-order chi connectivity index (χ0) is 95.4. The Morgan fingerprint density at radius 3 is 0.971 bits per heavy atom. The fourth-order valence-corrected chi connectivity index (χ4v) is 79.4. The van der Waals surface area contributed by atoms with Gasteiger partial charge in [-0.2, -0.15) is 0 Å². The first-order chi connectivity index (χ1) is 61.3. The summed E-state index contributed by atoms with van der Waals surface area (Å²) in [6, 6.07) is 9.53. The summed E-state index contributed by atoms with van der Waals surface area (Å²) in [5.41, 5.74) is 1.05. The highest BCUT2D eigenvalue weighted by atomic mass is 28.5. The third-order valence-corrected chi connectivity index (χ3v) is 76.5. The molecule has 11 saturated carbocycles. The van der Waals surface area contributed by atoms with E-state index in [2.05, 4.69) is 159 Å². The Bertz CT molecular complexity index is 3570. The SMILES string of the molecule is C.C.C.C.C1CC2CC1C1OC21.CC(C[Si](C)(C)O[Si](C)(C)CC(C)C1CCC2(C)OC2C1)C1CCC2(C)OC2C1.CCC[Si](C)(C)O[Si](C)(C)CCC12CCC(C1)C1OC12.C[Si](C)(C)O[Si](C)(CCC1CCC2OC2C1)O[Si](C)(C)C.C[Si](C)(CCC1CCC2OC2C1)O[Si](C)(C)CCC1CCC2OC2C1.C[Si](C)(O[Si](O)(O)CCC1CCC2OC2C1)O[Si](O)(O)CCC1CCC2OC2C1. The average Bonchev–Trinajstić information content (AvgIpc) is 1.52. The molecular formula is C104H212O20Si12. The average molecular weight is 2120 g/mol. The molecule has 20 fully saturated rings. The second-order valence-corrected chi connectivity index (χ2v) is 102. The van der Waals surface area contributed by atoms with E-state index in [4.69, 9.17) is 71.4 Å². The lowest BCUT2D eigenvalue weighted by atomic mass is 9.77. The molecule has 4 bridgehead atoms. The molecule has 9 saturated heterocycles. The molecule has 136 heavy (non-hydrogen) atoms. The third kappa shape index (κ3) is 34.9. The molecule has 20 aliphatic rings. The Kier molecular flexibility index (Phi) is 39.7. The van der Waals surface area contributed by atoms with Crippen LogP contribution in [0.15, 0.2) is 0 Å². The molecule has 0 aromatic carbocycles. The molecule has 9 heterocycles. The van der Waals surface area contributed by atoms with Crippen LogP contribution in [-0.4, -0.2) is 229 Å². The van der Waals surface area contributed by atoms with E-state index in [1.165, 1.54) is 203 Å². The second-order valence-electron chi connectivity index (χ2n) is 54.5. The number of fused-ring (bicyclic) bond motifs is 17. The normalized spacial score (nSPS) is 39.0. The van der Waals surface area contributed by atoms with Crippen LogP contribution in [0.1, 0.15) is 283 Å². The van der Waals surface area contributed by atoms with Crippen molar-refractivity contribution in [3.05, 3.63) is 0 Å². The van der Waals surface area contributed by atoms with Crippen LogP contribution in [0.2, 0.25) is 192 Å². The van der Waals surface area contributed by atoms with Gasteiger partial charge in [0.25, 0.3) is 0 Å². The van der Waals surface area contributed by atoms with E-state index in [0.29, 0.717) is 116 Å². The third-order valence-electron chi connectivity index (χ3n) is 35.9. The quantitative estimate of drug-likeness (QED) is 0.0328. The number of hydrogen-bond acceptors (Lipinski definition) is 20. The van der Waals surface area contributed by atoms with Crippen molar-refractivity contribution in [3.63, 3.8) is 0 Å². The van der Waals surface area contributed by atoms with Crippen LogP contribution in [0.5, 0.6) is 0 Å². The van der Waals surface area contributed by atoms with Gasteiger partial charge in [-0.05, 0) is 469 Å². The van der Waals surface area contributed by atoms with Gasteiger partial charge < -0.3 is 90.6 Å². The standard InChI is InChI=1S/C24H46O3Si2.C20H38O3Si2.C18H36O8Si3.C16H32O2Si2.C15H34O3Si3.C7H10O.4CH4/c1-17(19-9-11-23(3)21(13-19)25-23)15-28(5,6)27-29(7,8)16-18(2)20-10-12-24(4)22(14-20)26-24;1-24(2,11-9-15-5-7-17-19(13-15)21-17)23-25(3,4)12-10-16-6-8-18-20(14-16)22-18;1-27(2,25-28(19,20)9-7-13-3-5-15-17(11-13)23-15)26-29(21,22)10-8-14-4-6-16-18(12-14)24-16;1-6-10-19(2,3)18-20(4,5)11-9-16-8-7-13(12-16)14-15(16)17-14;1-19(2,3)17-21(7,18-20(4,5)6)11-10-13-8-9-14-15(12-13)16-14;1-2-5-3-4(1)6-7(5)8-6;;;;/h17-22H,9-16H2,1-8H3;15-20H,5-14H2,1-4H3;13-22H,3-12H2,1-2H3;13-15H,6-12H2,1-5H3;13-15H,8-12H2,1-7H3;4-7H,1-3H2;4*1H4. The van der Waals surface area contributed by atoms with Crippen LogP contribution in [0.25, 0.3) is 0 Å². The Labute approximate surface area is 845 Å². The monoisotopic (exact) mass is 2120 g/mol. The number of ether oxygens (including phenoxy) is 9. The van der Waals surface area contributed by atoms with Crippen molar-refractivity contribution >= 4 is 101 Å². The largest absolute Gasteiger partial charge is 0.486 e. The van der Waals surface area contributed by atoms with E-state index in [1.807, 2.05) is 0 Å². The summed E-state index contributed by atoms with van der Waals surface area (Å²) in [4.78, 5) is 41.8. The van der Waals surface area contributed by atoms with Gasteiger partial charge in [0.1, 0.15) is 0 Å². The maximum atomic E-state index is 10.5. The highest BCUT2D eigenvalue weighted by Crippen LogP contribution is 2.66. The summed E-state index contributed by atoms with van der Waals surface area (Å²) in [5.74, 6) is 9.63. The van der Waals surface area contributed by atoms with Crippen LogP contribution < -0.4 is 0 Å². The highest BCUT2D eigenvalue weighted by Gasteiger charge is 2.68. The fourth-order valence-electron chi connectivity index (χ4n) is 29.0. The molecule has 20 nitrogen and oxygen atoms in total. The molecule has 4 N–H and O–H groups in total. The predicted octanol–water partition coefficient (Wildman–Crippen LogP) is 26.6. The molecule has 0 aromatic rings. The molecule has 31 atom stereocenters. The van der Waals surface area contributed by atoms with Gasteiger partial charge in [-0.25, -0.2) is 0 Å². The Morgan fingerprint density at radius 1 is 0.316 bits per heavy atom. The van der Waals surface area contributed by atoms with Gasteiger partial charge >= 0.3 is 34.7 Å². The van der Waals surface area contributed by atoms with Gasteiger partial charge in [-0.3, -0.25) is 0 Å². The van der Waals surface area contributed by atoms with Gasteiger partial charge in [0.05, 0.1) is 109 Å². The number of hydrogen-bond donors (Lipinski definition) is 4. The summed E-state index contributed by atoms with van der Waals surface area (Å²) in [6.07, 6.45) is 52.0. The maximum Gasteiger partial charge on any atom is 0.486 e. The molecule has 20 rings (SSSR count). The summed E-state index contributed by atoms with van der Waals surface area (Å²) in [7, 11) is -25.3. The molecule has 796 valence electrons. The molecule has 0 spiro atoms. The van der Waals surface area contributed by atoms with Crippen molar-refractivity contribution in [2.45, 2.75) is 583 Å². The molecule has 11 aliphatic carbocycles. The first-order valence-corrected chi connectivity index (χ1v) is 89.9. The zero-order valence-corrected chi connectivity index (χ0v) is 100. The zero-order valence-electron chi connectivity index (χ0n) is 88.4. The molecular weight excluding hydrogens is 1910 g/mol. The van der Waals surface area contributed by atoms with Crippen molar-refractivity contribution in [3.8, 4) is 0 Å². The molecule has 0 radical (unpaired) electrons. The van der Waals surface area contributed by atoms with Gasteiger partial charge in [-0.1, -0.05) is 69.7 Å².